The molecular formula is C13H15BrF3N3S. The van der Waals surface area contributed by atoms with Gasteiger partial charge in [0, 0.05) is 36.2 Å². The predicted molar refractivity (Wildman–Crippen MR) is 84.7 cm³/mol. The van der Waals surface area contributed by atoms with Crippen LogP contribution in [-0.4, -0.2) is 48.8 Å². The Morgan fingerprint density at radius 2 is 1.86 bits per heavy atom. The van der Waals surface area contributed by atoms with Gasteiger partial charge in [-0.3, -0.25) is 4.90 Å². The Morgan fingerprint density at radius 1 is 1.24 bits per heavy atom. The molecule has 0 bridgehead atoms. The van der Waals surface area contributed by atoms with Gasteiger partial charge in [-0.2, -0.15) is 13.2 Å². The summed E-state index contributed by atoms with van der Waals surface area (Å²) in [5.41, 5.74) is 7.28. The molecule has 0 unspecified atom stereocenters. The fraction of sp³-hybridized carbons (Fsp3) is 0.462. The highest BCUT2D eigenvalue weighted by atomic mass is 79.9. The topological polar surface area (TPSA) is 32.5 Å². The summed E-state index contributed by atoms with van der Waals surface area (Å²) >= 11 is 8.38. The summed E-state index contributed by atoms with van der Waals surface area (Å²) in [4.78, 5) is 3.80. The lowest BCUT2D eigenvalue weighted by molar-refractivity contribution is -0.146. The van der Waals surface area contributed by atoms with Crippen molar-refractivity contribution in [2.75, 3.05) is 37.6 Å². The first-order chi connectivity index (χ1) is 9.76. The maximum atomic E-state index is 12.4. The normalized spacial score (nSPS) is 17.0. The summed E-state index contributed by atoms with van der Waals surface area (Å²) in [6, 6.07) is 5.54. The molecule has 0 radical (unpaired) electrons. The van der Waals surface area contributed by atoms with Crippen LogP contribution in [0, 0.1) is 0 Å². The maximum absolute atomic E-state index is 12.4. The second-order valence-electron chi connectivity index (χ2n) is 4.91. The third kappa shape index (κ3) is 4.55. The Morgan fingerprint density at radius 3 is 2.33 bits per heavy atom. The molecule has 0 aromatic heterocycles. The fourth-order valence-electron chi connectivity index (χ4n) is 2.32. The number of hydrogen-bond donors (Lipinski definition) is 1. The summed E-state index contributed by atoms with van der Waals surface area (Å²) in [6.45, 7) is 1.05. The van der Waals surface area contributed by atoms with Gasteiger partial charge in [0.05, 0.1) is 12.2 Å². The minimum Gasteiger partial charge on any atom is -0.389 e. The molecule has 2 rings (SSSR count). The maximum Gasteiger partial charge on any atom is 0.401 e. The van der Waals surface area contributed by atoms with Crippen LogP contribution in [0.3, 0.4) is 0 Å². The summed E-state index contributed by atoms with van der Waals surface area (Å²) in [6.07, 6.45) is -4.14. The second-order valence-corrected chi connectivity index (χ2v) is 6.20. The summed E-state index contributed by atoms with van der Waals surface area (Å²) in [5.74, 6) is 0. The van der Waals surface area contributed by atoms with E-state index in [1.54, 1.807) is 0 Å². The highest BCUT2D eigenvalue weighted by molar-refractivity contribution is 9.10. The van der Waals surface area contributed by atoms with Gasteiger partial charge in [0.2, 0.25) is 0 Å². The van der Waals surface area contributed by atoms with Crippen molar-refractivity contribution in [2.24, 2.45) is 5.73 Å². The smallest absolute Gasteiger partial charge is 0.389 e. The number of piperazine rings is 1. The molecule has 1 aromatic carbocycles. The summed E-state index contributed by atoms with van der Waals surface area (Å²) in [5, 5.41) is 0. The van der Waals surface area contributed by atoms with Crippen LogP contribution in [0.2, 0.25) is 0 Å². The van der Waals surface area contributed by atoms with Gasteiger partial charge in [-0.25, -0.2) is 0 Å². The van der Waals surface area contributed by atoms with Crippen LogP contribution in [0.4, 0.5) is 18.9 Å². The zero-order chi connectivity index (χ0) is 15.6. The van der Waals surface area contributed by atoms with E-state index in [0.717, 1.165) is 15.7 Å². The minimum atomic E-state index is -4.14. The lowest BCUT2D eigenvalue weighted by Crippen LogP contribution is -2.49. The molecule has 0 atom stereocenters. The third-order valence-corrected chi connectivity index (χ3v) is 4.22. The Balaban J connectivity index is 2.01. The number of halogens is 4. The minimum absolute atomic E-state index is 0.317. The predicted octanol–water partition coefficient (Wildman–Crippen LogP) is 2.77. The summed E-state index contributed by atoms with van der Waals surface area (Å²) in [7, 11) is 0. The van der Waals surface area contributed by atoms with E-state index in [4.69, 9.17) is 18.0 Å². The van der Waals surface area contributed by atoms with Crippen molar-refractivity contribution in [3.63, 3.8) is 0 Å². The number of benzene rings is 1. The molecule has 1 aliphatic rings. The molecule has 1 fully saturated rings. The van der Waals surface area contributed by atoms with Crippen molar-refractivity contribution in [1.29, 1.82) is 0 Å². The quantitative estimate of drug-likeness (QED) is 0.816. The van der Waals surface area contributed by atoms with Crippen molar-refractivity contribution in [3.05, 3.63) is 28.2 Å². The van der Waals surface area contributed by atoms with Crippen LogP contribution in [0.25, 0.3) is 0 Å². The van der Waals surface area contributed by atoms with Gasteiger partial charge in [0.1, 0.15) is 4.99 Å². The molecule has 21 heavy (non-hydrogen) atoms. The zero-order valence-corrected chi connectivity index (χ0v) is 13.6. The van der Waals surface area contributed by atoms with Crippen LogP contribution in [0.5, 0.6) is 0 Å². The van der Waals surface area contributed by atoms with Crippen LogP contribution >= 0.6 is 28.1 Å². The van der Waals surface area contributed by atoms with Gasteiger partial charge in [0.25, 0.3) is 0 Å². The number of anilines is 1. The van der Waals surface area contributed by atoms with Crippen molar-refractivity contribution >= 4 is 38.8 Å². The standard InChI is InChI=1S/C13H15BrF3N3S/c14-10-7-9(12(18)21)1-2-11(10)20-5-3-19(4-6-20)8-13(15,16)17/h1-2,7H,3-6,8H2,(H2,18,21). The number of rotatable bonds is 3. The highest BCUT2D eigenvalue weighted by Gasteiger charge is 2.32. The number of thiocarbonyl (C=S) groups is 1. The number of alkyl halides is 3. The molecule has 8 heteroatoms. The van der Waals surface area contributed by atoms with Gasteiger partial charge in [-0.15, -0.1) is 0 Å². The summed E-state index contributed by atoms with van der Waals surface area (Å²) < 4.78 is 37.9. The van der Waals surface area contributed by atoms with E-state index in [1.807, 2.05) is 18.2 Å². The molecule has 0 amide bonds. The first-order valence-electron chi connectivity index (χ1n) is 6.40. The largest absolute Gasteiger partial charge is 0.401 e. The van der Waals surface area contributed by atoms with Crippen LogP contribution in [-0.2, 0) is 0 Å². The van der Waals surface area contributed by atoms with Gasteiger partial charge in [0.15, 0.2) is 0 Å². The average Bonchev–Trinajstić information content (AvgIpc) is 2.38. The fourth-order valence-corrected chi connectivity index (χ4v) is 3.07. The van der Waals surface area contributed by atoms with Crippen molar-refractivity contribution in [2.45, 2.75) is 6.18 Å². The lowest BCUT2D eigenvalue weighted by atomic mass is 10.2. The third-order valence-electron chi connectivity index (χ3n) is 3.35. The van der Waals surface area contributed by atoms with Crippen molar-refractivity contribution < 1.29 is 13.2 Å². The van der Waals surface area contributed by atoms with E-state index in [-0.39, 0.29) is 0 Å². The highest BCUT2D eigenvalue weighted by Crippen LogP contribution is 2.28. The number of nitrogens with two attached hydrogens (primary N) is 1. The number of hydrogen-bond acceptors (Lipinski definition) is 3. The van der Waals surface area contributed by atoms with Crippen molar-refractivity contribution in [3.8, 4) is 0 Å². The van der Waals surface area contributed by atoms with E-state index >= 15 is 0 Å². The number of nitrogens with zero attached hydrogens (tertiary/aromatic N) is 2. The molecule has 116 valence electrons. The molecule has 2 N–H and O–H groups in total. The molecule has 1 aromatic rings. The first-order valence-corrected chi connectivity index (χ1v) is 7.60. The average molecular weight is 382 g/mol. The first kappa shape index (κ1) is 16.5. The van der Waals surface area contributed by atoms with Crippen LogP contribution in [0.15, 0.2) is 22.7 Å². The van der Waals surface area contributed by atoms with E-state index in [0.29, 0.717) is 31.2 Å². The molecule has 0 spiro atoms. The SMILES string of the molecule is NC(=S)c1ccc(N2CCN(CC(F)(F)F)CC2)c(Br)c1. The lowest BCUT2D eigenvalue weighted by Gasteiger charge is -2.36. The van der Waals surface area contributed by atoms with E-state index in [9.17, 15) is 13.2 Å². The van der Waals surface area contributed by atoms with Crippen molar-refractivity contribution in [1.82, 2.24) is 4.90 Å². The molecular weight excluding hydrogens is 367 g/mol. The molecule has 0 saturated carbocycles. The van der Waals surface area contributed by atoms with Gasteiger partial charge < -0.3 is 10.6 Å². The molecule has 0 aliphatic carbocycles. The molecule has 1 heterocycles. The molecule has 1 aliphatic heterocycles. The Kier molecular flexibility index (Phi) is 5.11. The van der Waals surface area contributed by atoms with Gasteiger partial charge in [-0.1, -0.05) is 12.2 Å². The Bertz CT molecular complexity index is 528. The second kappa shape index (κ2) is 6.50. The Hall–Kier alpha value is -0.860. The van der Waals surface area contributed by atoms with Gasteiger partial charge >= 0.3 is 6.18 Å². The monoisotopic (exact) mass is 381 g/mol. The Labute approximate surface area is 135 Å². The van der Waals surface area contributed by atoms with E-state index in [1.165, 1.54) is 4.90 Å². The van der Waals surface area contributed by atoms with E-state index in [2.05, 4.69) is 20.8 Å². The molecule has 3 nitrogen and oxygen atoms in total. The van der Waals surface area contributed by atoms with E-state index < -0.39 is 12.7 Å². The van der Waals surface area contributed by atoms with Gasteiger partial charge in [-0.05, 0) is 34.1 Å². The van der Waals surface area contributed by atoms with Crippen LogP contribution in [0.1, 0.15) is 5.56 Å². The zero-order valence-electron chi connectivity index (χ0n) is 11.2. The molecule has 1 saturated heterocycles. The van der Waals surface area contributed by atoms with Crippen LogP contribution < -0.4 is 10.6 Å².